The van der Waals surface area contributed by atoms with Crippen LogP contribution in [-0.2, 0) is 0 Å². The molecule has 0 radical (unpaired) electrons. The largest absolute Gasteiger partial charge is 0.381 e. The molecular weight excluding hydrogens is 234 g/mol. The first-order chi connectivity index (χ1) is 8.19. The number of rotatable bonds is 3. The molecule has 1 aliphatic heterocycles. The lowest BCUT2D eigenvalue weighted by molar-refractivity contribution is 0.229. The van der Waals surface area contributed by atoms with Crippen LogP contribution >= 0.6 is 11.6 Å². The first-order valence-corrected chi connectivity index (χ1v) is 6.68. The van der Waals surface area contributed by atoms with Gasteiger partial charge in [0.15, 0.2) is 0 Å². The molecule has 1 fully saturated rings. The minimum Gasteiger partial charge on any atom is -0.381 e. The Bertz CT molecular complexity index is 373. The Balaban J connectivity index is 1.91. The van der Waals surface area contributed by atoms with Crippen LogP contribution in [0.25, 0.3) is 0 Å². The van der Waals surface area contributed by atoms with E-state index in [0.717, 1.165) is 17.8 Å². The highest BCUT2D eigenvalue weighted by atomic mass is 35.5. The van der Waals surface area contributed by atoms with Crippen molar-refractivity contribution in [2.24, 2.45) is 0 Å². The van der Waals surface area contributed by atoms with Crippen LogP contribution in [0.15, 0.2) is 12.3 Å². The number of hydrogen-bond acceptors (Lipinski definition) is 3. The number of aromatic nitrogens is 1. The highest BCUT2D eigenvalue weighted by Gasteiger charge is 2.17. The Kier molecular flexibility index (Phi) is 4.24. The standard InChI is InChI=1S/C13H20ClN3/c1-3-17-6-4-11(5-7-17)16-12-8-10(2)13(14)15-9-12/h8-9,11,16H,3-7H2,1-2H3. The van der Waals surface area contributed by atoms with Crippen LogP contribution in [0.2, 0.25) is 5.15 Å². The number of piperidine rings is 1. The van der Waals surface area contributed by atoms with Crippen LogP contribution in [0.3, 0.4) is 0 Å². The Hall–Kier alpha value is -0.800. The van der Waals surface area contributed by atoms with E-state index in [1.807, 2.05) is 13.1 Å². The van der Waals surface area contributed by atoms with E-state index in [1.165, 1.54) is 25.9 Å². The molecule has 0 aliphatic carbocycles. The zero-order valence-corrected chi connectivity index (χ0v) is 11.3. The molecule has 94 valence electrons. The normalized spacial score (nSPS) is 18.3. The summed E-state index contributed by atoms with van der Waals surface area (Å²) in [5.74, 6) is 0. The lowest BCUT2D eigenvalue weighted by atomic mass is 10.0. The fourth-order valence-corrected chi connectivity index (χ4v) is 2.37. The fraction of sp³-hybridized carbons (Fsp3) is 0.615. The van der Waals surface area contributed by atoms with E-state index in [0.29, 0.717) is 11.2 Å². The second-order valence-electron chi connectivity index (χ2n) is 4.68. The Labute approximate surface area is 108 Å². The first kappa shape index (κ1) is 12.7. The third-order valence-corrected chi connectivity index (χ3v) is 3.82. The number of nitrogens with one attached hydrogen (secondary N) is 1. The zero-order valence-electron chi connectivity index (χ0n) is 10.5. The SMILES string of the molecule is CCN1CCC(Nc2cnc(Cl)c(C)c2)CC1. The molecule has 2 heterocycles. The van der Waals surface area contributed by atoms with E-state index >= 15 is 0 Å². The van der Waals surface area contributed by atoms with Crippen LogP contribution in [-0.4, -0.2) is 35.6 Å². The van der Waals surface area contributed by atoms with Crippen molar-refractivity contribution < 1.29 is 0 Å². The van der Waals surface area contributed by atoms with E-state index in [1.54, 1.807) is 0 Å². The van der Waals surface area contributed by atoms with Gasteiger partial charge in [-0.15, -0.1) is 0 Å². The van der Waals surface area contributed by atoms with Gasteiger partial charge in [-0.3, -0.25) is 0 Å². The summed E-state index contributed by atoms with van der Waals surface area (Å²) in [5, 5.41) is 4.14. The van der Waals surface area contributed by atoms with Gasteiger partial charge < -0.3 is 10.2 Å². The molecule has 0 saturated carbocycles. The molecule has 1 N–H and O–H groups in total. The molecule has 1 aromatic rings. The molecule has 4 heteroatoms. The second kappa shape index (κ2) is 5.69. The summed E-state index contributed by atoms with van der Waals surface area (Å²) >= 11 is 5.92. The summed E-state index contributed by atoms with van der Waals surface area (Å²) < 4.78 is 0. The summed E-state index contributed by atoms with van der Waals surface area (Å²) in [5.41, 5.74) is 2.12. The number of hydrogen-bond donors (Lipinski definition) is 1. The highest BCUT2D eigenvalue weighted by molar-refractivity contribution is 6.30. The molecule has 0 bridgehead atoms. The molecule has 3 nitrogen and oxygen atoms in total. The Morgan fingerprint density at radius 1 is 1.47 bits per heavy atom. The van der Waals surface area contributed by atoms with E-state index in [4.69, 9.17) is 11.6 Å². The van der Waals surface area contributed by atoms with Crippen molar-refractivity contribution in [1.29, 1.82) is 0 Å². The molecule has 1 saturated heterocycles. The van der Waals surface area contributed by atoms with E-state index < -0.39 is 0 Å². The first-order valence-electron chi connectivity index (χ1n) is 6.30. The van der Waals surface area contributed by atoms with Crippen molar-refractivity contribution in [2.45, 2.75) is 32.7 Å². The molecular formula is C13H20ClN3. The number of anilines is 1. The molecule has 0 amide bonds. The average molecular weight is 254 g/mol. The molecule has 0 unspecified atom stereocenters. The molecule has 17 heavy (non-hydrogen) atoms. The van der Waals surface area contributed by atoms with Crippen molar-refractivity contribution in [1.82, 2.24) is 9.88 Å². The summed E-state index contributed by atoms with van der Waals surface area (Å²) in [6, 6.07) is 2.64. The molecule has 1 aliphatic rings. The van der Waals surface area contributed by atoms with E-state index in [-0.39, 0.29) is 0 Å². The van der Waals surface area contributed by atoms with Gasteiger partial charge in [0.05, 0.1) is 11.9 Å². The van der Waals surface area contributed by atoms with Gasteiger partial charge in [-0.1, -0.05) is 18.5 Å². The van der Waals surface area contributed by atoms with Crippen LogP contribution in [0.1, 0.15) is 25.3 Å². The third kappa shape index (κ3) is 3.33. The van der Waals surface area contributed by atoms with Gasteiger partial charge in [-0.25, -0.2) is 4.98 Å². The van der Waals surface area contributed by atoms with Gasteiger partial charge in [0.2, 0.25) is 0 Å². The van der Waals surface area contributed by atoms with Crippen molar-refractivity contribution in [3.63, 3.8) is 0 Å². The minimum absolute atomic E-state index is 0.570. The fourth-order valence-electron chi connectivity index (χ4n) is 2.27. The number of likely N-dealkylation sites (tertiary alicyclic amines) is 1. The smallest absolute Gasteiger partial charge is 0.132 e. The predicted molar refractivity (Wildman–Crippen MR) is 72.7 cm³/mol. The van der Waals surface area contributed by atoms with Gasteiger partial charge in [0.25, 0.3) is 0 Å². The van der Waals surface area contributed by atoms with Crippen molar-refractivity contribution in [2.75, 3.05) is 25.0 Å². The number of halogens is 1. The Morgan fingerprint density at radius 3 is 2.76 bits per heavy atom. The lowest BCUT2D eigenvalue weighted by Gasteiger charge is -2.32. The van der Waals surface area contributed by atoms with Gasteiger partial charge in [0.1, 0.15) is 5.15 Å². The molecule has 0 aromatic carbocycles. The molecule has 2 rings (SSSR count). The van der Waals surface area contributed by atoms with E-state index in [9.17, 15) is 0 Å². The van der Waals surface area contributed by atoms with Gasteiger partial charge >= 0.3 is 0 Å². The lowest BCUT2D eigenvalue weighted by Crippen LogP contribution is -2.38. The van der Waals surface area contributed by atoms with Crippen LogP contribution < -0.4 is 5.32 Å². The monoisotopic (exact) mass is 253 g/mol. The van der Waals surface area contributed by atoms with Crippen molar-refractivity contribution in [3.8, 4) is 0 Å². The summed E-state index contributed by atoms with van der Waals surface area (Å²) in [7, 11) is 0. The van der Waals surface area contributed by atoms with Crippen LogP contribution in [0.4, 0.5) is 5.69 Å². The topological polar surface area (TPSA) is 28.2 Å². The number of nitrogens with zero attached hydrogens (tertiary/aromatic N) is 2. The summed E-state index contributed by atoms with van der Waals surface area (Å²) in [4.78, 5) is 6.66. The second-order valence-corrected chi connectivity index (χ2v) is 5.04. The van der Waals surface area contributed by atoms with Crippen molar-refractivity contribution in [3.05, 3.63) is 23.0 Å². The maximum Gasteiger partial charge on any atom is 0.132 e. The van der Waals surface area contributed by atoms with E-state index in [2.05, 4.69) is 28.2 Å². The Morgan fingerprint density at radius 2 is 2.18 bits per heavy atom. The predicted octanol–water partition coefficient (Wildman–Crippen LogP) is 2.94. The minimum atomic E-state index is 0.570. The zero-order chi connectivity index (χ0) is 12.3. The third-order valence-electron chi connectivity index (χ3n) is 3.42. The van der Waals surface area contributed by atoms with Crippen LogP contribution in [0.5, 0.6) is 0 Å². The van der Waals surface area contributed by atoms with Crippen LogP contribution in [0, 0.1) is 6.92 Å². The highest BCUT2D eigenvalue weighted by Crippen LogP contribution is 2.19. The summed E-state index contributed by atoms with van der Waals surface area (Å²) in [6.07, 6.45) is 4.23. The maximum absolute atomic E-state index is 5.92. The average Bonchev–Trinajstić information content (AvgIpc) is 2.35. The van der Waals surface area contributed by atoms with Gasteiger partial charge in [-0.05, 0) is 37.9 Å². The summed E-state index contributed by atoms with van der Waals surface area (Å²) in [6.45, 7) is 7.75. The molecule has 0 atom stereocenters. The van der Waals surface area contributed by atoms with Gasteiger partial charge in [0, 0.05) is 19.1 Å². The molecule has 1 aromatic heterocycles. The number of aryl methyl sites for hydroxylation is 1. The van der Waals surface area contributed by atoms with Crippen molar-refractivity contribution >= 4 is 17.3 Å². The molecule has 0 spiro atoms. The number of pyridine rings is 1. The maximum atomic E-state index is 5.92. The van der Waals surface area contributed by atoms with Gasteiger partial charge in [-0.2, -0.15) is 0 Å². The quantitative estimate of drug-likeness (QED) is 0.840.